The molecule has 25 heavy (non-hydrogen) atoms. The number of carboxylic acids is 1. The van der Waals surface area contributed by atoms with Gasteiger partial charge in [-0.05, 0) is 56.8 Å². The minimum absolute atomic E-state index is 0.135. The fourth-order valence-corrected chi connectivity index (χ4v) is 4.97. The average molecular weight is 344 g/mol. The highest BCUT2D eigenvalue weighted by Gasteiger charge is 2.49. The lowest BCUT2D eigenvalue weighted by atomic mass is 9.52. The molecule has 1 fully saturated rings. The highest BCUT2D eigenvalue weighted by molar-refractivity contribution is 5.80. The first-order chi connectivity index (χ1) is 11.7. The van der Waals surface area contributed by atoms with Crippen molar-refractivity contribution in [1.82, 2.24) is 0 Å². The lowest BCUT2D eigenvalue weighted by molar-refractivity contribution is -0.131. The molecule has 2 N–H and O–H groups in total. The van der Waals surface area contributed by atoms with Crippen LogP contribution in [0.3, 0.4) is 0 Å². The second-order valence-corrected chi connectivity index (χ2v) is 8.13. The largest absolute Gasteiger partial charge is 0.478 e. The van der Waals surface area contributed by atoms with Gasteiger partial charge in [-0.2, -0.15) is 0 Å². The number of aliphatic hydroxyl groups excluding tert-OH is 1. The molecule has 138 valence electrons. The van der Waals surface area contributed by atoms with Crippen molar-refractivity contribution in [3.63, 3.8) is 0 Å². The summed E-state index contributed by atoms with van der Waals surface area (Å²) in [5.74, 6) is 0.494. The van der Waals surface area contributed by atoms with E-state index in [1.807, 2.05) is 13.8 Å². The molecule has 0 aromatic rings. The zero-order valence-corrected chi connectivity index (χ0v) is 16.1. The van der Waals surface area contributed by atoms with E-state index in [2.05, 4.69) is 45.1 Å². The molecule has 0 heterocycles. The zero-order valence-electron chi connectivity index (χ0n) is 16.1. The van der Waals surface area contributed by atoms with Crippen molar-refractivity contribution in [2.45, 2.75) is 53.6 Å². The molecular formula is C22H32O3. The van der Waals surface area contributed by atoms with Crippen LogP contribution < -0.4 is 0 Å². The molecule has 2 aliphatic rings. The van der Waals surface area contributed by atoms with Crippen molar-refractivity contribution < 1.29 is 15.0 Å². The summed E-state index contributed by atoms with van der Waals surface area (Å²) in [6.45, 7) is 10.6. The standard InChI is InChI=1S/C22H32O3/c1-6-7-18-15(3)10-17-11-16(4)20(23)12-19(17)22(18,5)13-14(2)8-9-21(24)25/h6-10,13,16-20,23H,11-12H2,1-5H3,(H,24,25). The Morgan fingerprint density at radius 3 is 2.60 bits per heavy atom. The van der Waals surface area contributed by atoms with Gasteiger partial charge in [0.1, 0.15) is 0 Å². The molecule has 3 nitrogen and oxygen atoms in total. The quantitative estimate of drug-likeness (QED) is 0.439. The Labute approximate surface area is 151 Å². The number of hydrogen-bond acceptors (Lipinski definition) is 2. The number of aliphatic carboxylic acids is 1. The third-order valence-electron chi connectivity index (χ3n) is 6.16. The summed E-state index contributed by atoms with van der Waals surface area (Å²) in [6, 6.07) is 0. The first-order valence-corrected chi connectivity index (χ1v) is 9.28. The summed E-state index contributed by atoms with van der Waals surface area (Å²) in [6.07, 6.45) is 13.4. The van der Waals surface area contributed by atoms with Crippen molar-refractivity contribution in [3.8, 4) is 0 Å². The maximum Gasteiger partial charge on any atom is 0.328 e. The smallest absolute Gasteiger partial charge is 0.328 e. The monoisotopic (exact) mass is 344 g/mol. The Morgan fingerprint density at radius 1 is 1.32 bits per heavy atom. The van der Waals surface area contributed by atoms with Gasteiger partial charge in [-0.1, -0.05) is 55.4 Å². The fraction of sp³-hybridized carbons (Fsp3) is 0.591. The Balaban J connectivity index is 2.49. The Hall–Kier alpha value is -1.61. The Morgan fingerprint density at radius 2 is 2.00 bits per heavy atom. The lowest BCUT2D eigenvalue weighted by Crippen LogP contribution is -2.47. The van der Waals surface area contributed by atoms with Crippen LogP contribution in [0.5, 0.6) is 0 Å². The number of carboxylic acid groups (broad SMARTS) is 1. The zero-order chi connectivity index (χ0) is 18.8. The molecule has 2 aliphatic carbocycles. The van der Waals surface area contributed by atoms with Crippen LogP contribution in [0.1, 0.15) is 47.5 Å². The van der Waals surface area contributed by atoms with E-state index >= 15 is 0 Å². The van der Waals surface area contributed by atoms with E-state index in [1.165, 1.54) is 11.6 Å². The predicted octanol–water partition coefficient (Wildman–Crippen LogP) is 4.76. The molecule has 0 radical (unpaired) electrons. The van der Waals surface area contributed by atoms with E-state index in [-0.39, 0.29) is 17.4 Å². The van der Waals surface area contributed by atoms with Crippen molar-refractivity contribution in [2.75, 3.05) is 0 Å². The van der Waals surface area contributed by atoms with Crippen LogP contribution >= 0.6 is 0 Å². The van der Waals surface area contributed by atoms with E-state index in [0.29, 0.717) is 17.8 Å². The van der Waals surface area contributed by atoms with Gasteiger partial charge in [0.25, 0.3) is 0 Å². The van der Waals surface area contributed by atoms with Crippen LogP contribution in [0.2, 0.25) is 0 Å². The lowest BCUT2D eigenvalue weighted by Gasteiger charge is -2.52. The molecule has 0 amide bonds. The first kappa shape index (κ1) is 19.7. The summed E-state index contributed by atoms with van der Waals surface area (Å²) in [4.78, 5) is 10.8. The van der Waals surface area contributed by atoms with Gasteiger partial charge in [-0.15, -0.1) is 0 Å². The predicted molar refractivity (Wildman–Crippen MR) is 102 cm³/mol. The Bertz CT molecular complexity index is 625. The molecule has 0 aliphatic heterocycles. The molecular weight excluding hydrogens is 312 g/mol. The van der Waals surface area contributed by atoms with Gasteiger partial charge >= 0.3 is 5.97 Å². The maximum atomic E-state index is 10.8. The summed E-state index contributed by atoms with van der Waals surface area (Å²) >= 11 is 0. The summed E-state index contributed by atoms with van der Waals surface area (Å²) in [5, 5.41) is 19.4. The number of aliphatic hydroxyl groups is 1. The van der Waals surface area contributed by atoms with E-state index in [1.54, 1.807) is 6.08 Å². The normalized spacial score (nSPS) is 39.5. The molecule has 6 unspecified atom stereocenters. The summed E-state index contributed by atoms with van der Waals surface area (Å²) in [5.41, 5.74) is 2.20. The maximum absolute atomic E-state index is 10.8. The number of fused-ring (bicyclic) bond motifs is 1. The van der Waals surface area contributed by atoms with E-state index < -0.39 is 5.97 Å². The van der Waals surface area contributed by atoms with Gasteiger partial charge < -0.3 is 10.2 Å². The van der Waals surface area contributed by atoms with Gasteiger partial charge in [0.2, 0.25) is 0 Å². The topological polar surface area (TPSA) is 57.5 Å². The molecule has 1 saturated carbocycles. The molecule has 3 heteroatoms. The highest BCUT2D eigenvalue weighted by atomic mass is 16.4. The van der Waals surface area contributed by atoms with Crippen LogP contribution in [0.25, 0.3) is 0 Å². The minimum atomic E-state index is -0.928. The molecule has 0 aromatic heterocycles. The van der Waals surface area contributed by atoms with Crippen LogP contribution in [0.4, 0.5) is 0 Å². The highest BCUT2D eigenvalue weighted by Crippen LogP contribution is 2.55. The van der Waals surface area contributed by atoms with E-state index in [9.17, 15) is 9.90 Å². The van der Waals surface area contributed by atoms with E-state index in [0.717, 1.165) is 18.4 Å². The van der Waals surface area contributed by atoms with Gasteiger partial charge in [-0.25, -0.2) is 4.79 Å². The Kier molecular flexibility index (Phi) is 6.10. The van der Waals surface area contributed by atoms with Crippen LogP contribution in [-0.4, -0.2) is 22.3 Å². The minimum Gasteiger partial charge on any atom is -0.478 e. The van der Waals surface area contributed by atoms with Crippen molar-refractivity contribution in [3.05, 3.63) is 47.6 Å². The first-order valence-electron chi connectivity index (χ1n) is 9.28. The number of hydrogen-bond donors (Lipinski definition) is 2. The van der Waals surface area contributed by atoms with Gasteiger partial charge in [0.15, 0.2) is 0 Å². The number of carbonyl (C=O) groups is 1. The van der Waals surface area contributed by atoms with Gasteiger partial charge in [0.05, 0.1) is 6.10 Å². The second-order valence-electron chi connectivity index (χ2n) is 8.13. The van der Waals surface area contributed by atoms with Gasteiger partial charge in [0, 0.05) is 12.0 Å². The van der Waals surface area contributed by atoms with Crippen LogP contribution in [-0.2, 0) is 4.79 Å². The summed E-state index contributed by atoms with van der Waals surface area (Å²) in [7, 11) is 0. The third-order valence-corrected chi connectivity index (χ3v) is 6.16. The molecule has 6 atom stereocenters. The number of rotatable bonds is 4. The molecule has 0 spiro atoms. The van der Waals surface area contributed by atoms with Crippen molar-refractivity contribution in [2.24, 2.45) is 29.1 Å². The van der Waals surface area contributed by atoms with Gasteiger partial charge in [-0.3, -0.25) is 0 Å². The van der Waals surface area contributed by atoms with E-state index in [4.69, 9.17) is 5.11 Å². The molecule has 0 saturated heterocycles. The van der Waals surface area contributed by atoms with Crippen molar-refractivity contribution >= 4 is 5.97 Å². The van der Waals surface area contributed by atoms with Crippen LogP contribution in [0.15, 0.2) is 47.6 Å². The fourth-order valence-electron chi connectivity index (χ4n) is 4.97. The SMILES string of the molecule is CC=CC1C(C)=CC2CC(C)C(O)CC2C1(C)C=C(C)C=CC(=O)O. The average Bonchev–Trinajstić information content (AvgIpc) is 2.52. The number of allylic oxidation sites excluding steroid dienone is 7. The third kappa shape index (κ3) is 4.14. The van der Waals surface area contributed by atoms with Crippen LogP contribution in [0, 0.1) is 29.1 Å². The molecule has 2 rings (SSSR count). The second kappa shape index (κ2) is 7.74. The molecule has 0 aromatic carbocycles. The van der Waals surface area contributed by atoms with Crippen molar-refractivity contribution in [1.29, 1.82) is 0 Å². The molecule has 0 bridgehead atoms. The summed E-state index contributed by atoms with van der Waals surface area (Å²) < 4.78 is 0.